The van der Waals surface area contributed by atoms with Gasteiger partial charge in [-0.1, -0.05) is 26.0 Å². The summed E-state index contributed by atoms with van der Waals surface area (Å²) >= 11 is 0. The van der Waals surface area contributed by atoms with E-state index in [4.69, 9.17) is 4.74 Å². The van der Waals surface area contributed by atoms with Crippen molar-refractivity contribution in [2.24, 2.45) is 0 Å². The van der Waals surface area contributed by atoms with Gasteiger partial charge in [0.15, 0.2) is 6.10 Å². The summed E-state index contributed by atoms with van der Waals surface area (Å²) in [6.07, 6.45) is -0.636. The fourth-order valence-electron chi connectivity index (χ4n) is 2.39. The predicted octanol–water partition coefficient (Wildman–Crippen LogP) is 3.92. The molecular formula is C21H26N2O3. The Morgan fingerprint density at radius 3 is 2.00 bits per heavy atom. The lowest BCUT2D eigenvalue weighted by molar-refractivity contribution is -0.122. The van der Waals surface area contributed by atoms with E-state index in [9.17, 15) is 9.59 Å². The minimum atomic E-state index is -0.636. The number of nitrogens with one attached hydrogen (secondary N) is 1. The Hall–Kier alpha value is -2.82. The predicted molar refractivity (Wildman–Crippen MR) is 104 cm³/mol. The fourth-order valence-corrected chi connectivity index (χ4v) is 2.39. The molecule has 0 saturated carbocycles. The summed E-state index contributed by atoms with van der Waals surface area (Å²) in [5, 5.41) is 2.80. The molecule has 0 heterocycles. The third kappa shape index (κ3) is 5.09. The van der Waals surface area contributed by atoms with Crippen LogP contribution in [0.1, 0.15) is 42.6 Å². The van der Waals surface area contributed by atoms with Crippen molar-refractivity contribution < 1.29 is 14.3 Å². The molecule has 138 valence electrons. The van der Waals surface area contributed by atoms with E-state index in [0.29, 0.717) is 22.9 Å². The second-order valence-corrected chi connectivity index (χ2v) is 6.75. The number of benzene rings is 2. The van der Waals surface area contributed by atoms with E-state index >= 15 is 0 Å². The largest absolute Gasteiger partial charge is 0.481 e. The molecule has 2 amide bonds. The summed E-state index contributed by atoms with van der Waals surface area (Å²) in [7, 11) is 3.40. The molecule has 0 saturated heterocycles. The monoisotopic (exact) mass is 354 g/mol. The van der Waals surface area contributed by atoms with Crippen molar-refractivity contribution in [2.75, 3.05) is 19.4 Å². The van der Waals surface area contributed by atoms with Gasteiger partial charge in [-0.2, -0.15) is 0 Å². The van der Waals surface area contributed by atoms with Crippen molar-refractivity contribution in [3.8, 4) is 5.75 Å². The van der Waals surface area contributed by atoms with Gasteiger partial charge in [-0.15, -0.1) is 0 Å². The standard InChI is InChI=1S/C21H26N2O3/c1-14(2)16-8-12-19(13-9-16)26-15(3)20(24)22-18-10-6-17(7-11-18)21(25)23(4)5/h6-15H,1-5H3,(H,22,24). The maximum Gasteiger partial charge on any atom is 0.265 e. The summed E-state index contributed by atoms with van der Waals surface area (Å²) in [5.74, 6) is 0.783. The van der Waals surface area contributed by atoms with Gasteiger partial charge < -0.3 is 15.0 Å². The third-order valence-corrected chi connectivity index (χ3v) is 4.03. The Balaban J connectivity index is 1.95. The first-order chi connectivity index (χ1) is 12.3. The Labute approximate surface area is 155 Å². The van der Waals surface area contributed by atoms with Crippen LogP contribution in [-0.4, -0.2) is 36.9 Å². The zero-order valence-electron chi connectivity index (χ0n) is 15.9. The maximum absolute atomic E-state index is 12.3. The van der Waals surface area contributed by atoms with Crippen molar-refractivity contribution in [3.63, 3.8) is 0 Å². The molecule has 2 rings (SSSR count). The van der Waals surface area contributed by atoms with Crippen LogP contribution >= 0.6 is 0 Å². The summed E-state index contributed by atoms with van der Waals surface area (Å²) < 4.78 is 5.70. The molecule has 5 heteroatoms. The number of hydrogen-bond donors (Lipinski definition) is 1. The molecule has 26 heavy (non-hydrogen) atoms. The molecule has 0 aliphatic heterocycles. The average Bonchev–Trinajstić information content (AvgIpc) is 2.62. The number of ether oxygens (including phenoxy) is 1. The van der Waals surface area contributed by atoms with Crippen LogP contribution < -0.4 is 10.1 Å². The molecule has 1 N–H and O–H groups in total. The fraction of sp³-hybridized carbons (Fsp3) is 0.333. The molecule has 2 aromatic carbocycles. The van der Waals surface area contributed by atoms with Gasteiger partial charge in [0.05, 0.1) is 0 Å². The summed E-state index contributed by atoms with van der Waals surface area (Å²) in [4.78, 5) is 25.7. The number of rotatable bonds is 6. The Bertz CT molecular complexity index is 750. The van der Waals surface area contributed by atoms with Crippen LogP contribution in [0.4, 0.5) is 5.69 Å². The highest BCUT2D eigenvalue weighted by molar-refractivity contribution is 5.96. The smallest absolute Gasteiger partial charge is 0.265 e. The van der Waals surface area contributed by atoms with E-state index < -0.39 is 6.10 Å². The van der Waals surface area contributed by atoms with Crippen molar-refractivity contribution >= 4 is 17.5 Å². The van der Waals surface area contributed by atoms with Crippen LogP contribution in [0.15, 0.2) is 48.5 Å². The van der Waals surface area contributed by atoms with Crippen LogP contribution in [0, 0.1) is 0 Å². The summed E-state index contributed by atoms with van der Waals surface area (Å²) in [6.45, 7) is 5.96. The first-order valence-corrected chi connectivity index (χ1v) is 8.67. The molecule has 0 aliphatic rings. The zero-order valence-corrected chi connectivity index (χ0v) is 15.9. The Morgan fingerprint density at radius 2 is 1.50 bits per heavy atom. The van der Waals surface area contributed by atoms with Gasteiger partial charge in [0.25, 0.3) is 11.8 Å². The molecule has 0 radical (unpaired) electrons. The van der Waals surface area contributed by atoms with Crippen LogP contribution in [0.2, 0.25) is 0 Å². The minimum absolute atomic E-state index is 0.0792. The van der Waals surface area contributed by atoms with Crippen LogP contribution in [0.3, 0.4) is 0 Å². The molecule has 2 aromatic rings. The van der Waals surface area contributed by atoms with E-state index in [1.54, 1.807) is 45.3 Å². The Kier molecular flexibility index (Phi) is 6.39. The van der Waals surface area contributed by atoms with Gasteiger partial charge >= 0.3 is 0 Å². The van der Waals surface area contributed by atoms with Crippen molar-refractivity contribution in [1.82, 2.24) is 4.90 Å². The lowest BCUT2D eigenvalue weighted by Crippen LogP contribution is -2.30. The molecule has 0 aromatic heterocycles. The number of carbonyl (C=O) groups is 2. The lowest BCUT2D eigenvalue weighted by atomic mass is 10.0. The van der Waals surface area contributed by atoms with Gasteiger partial charge in [-0.3, -0.25) is 9.59 Å². The lowest BCUT2D eigenvalue weighted by Gasteiger charge is -2.16. The molecule has 1 unspecified atom stereocenters. The first kappa shape index (κ1) is 19.5. The third-order valence-electron chi connectivity index (χ3n) is 4.03. The molecule has 0 bridgehead atoms. The van der Waals surface area contributed by atoms with Crippen molar-refractivity contribution in [3.05, 3.63) is 59.7 Å². The topological polar surface area (TPSA) is 58.6 Å². The van der Waals surface area contributed by atoms with E-state index in [-0.39, 0.29) is 11.8 Å². The number of amides is 2. The summed E-state index contributed by atoms with van der Waals surface area (Å²) in [5.41, 5.74) is 2.42. The second-order valence-electron chi connectivity index (χ2n) is 6.75. The zero-order chi connectivity index (χ0) is 19.3. The minimum Gasteiger partial charge on any atom is -0.481 e. The SMILES string of the molecule is CC(Oc1ccc(C(C)C)cc1)C(=O)Nc1ccc(C(=O)N(C)C)cc1. The van der Waals surface area contributed by atoms with Crippen molar-refractivity contribution in [2.45, 2.75) is 32.8 Å². The van der Waals surface area contributed by atoms with Gasteiger partial charge in [0, 0.05) is 25.3 Å². The highest BCUT2D eigenvalue weighted by Crippen LogP contribution is 2.20. The highest BCUT2D eigenvalue weighted by Gasteiger charge is 2.15. The van der Waals surface area contributed by atoms with Crippen LogP contribution in [0.25, 0.3) is 0 Å². The van der Waals surface area contributed by atoms with Gasteiger partial charge in [-0.25, -0.2) is 0 Å². The summed E-state index contributed by atoms with van der Waals surface area (Å²) in [6, 6.07) is 14.6. The number of anilines is 1. The maximum atomic E-state index is 12.3. The van der Waals surface area contributed by atoms with Gasteiger partial charge in [-0.05, 0) is 54.8 Å². The second kappa shape index (κ2) is 8.52. The highest BCUT2D eigenvalue weighted by atomic mass is 16.5. The number of nitrogens with zero attached hydrogens (tertiary/aromatic N) is 1. The first-order valence-electron chi connectivity index (χ1n) is 8.67. The van der Waals surface area contributed by atoms with Crippen LogP contribution in [0.5, 0.6) is 5.75 Å². The number of carbonyl (C=O) groups excluding carboxylic acids is 2. The normalized spacial score (nSPS) is 11.8. The number of hydrogen-bond acceptors (Lipinski definition) is 3. The quantitative estimate of drug-likeness (QED) is 0.855. The van der Waals surface area contributed by atoms with Crippen LogP contribution in [-0.2, 0) is 4.79 Å². The van der Waals surface area contributed by atoms with Gasteiger partial charge in [0.1, 0.15) is 5.75 Å². The van der Waals surface area contributed by atoms with Gasteiger partial charge in [0.2, 0.25) is 0 Å². The van der Waals surface area contributed by atoms with E-state index in [1.807, 2.05) is 24.3 Å². The molecule has 1 atom stereocenters. The Morgan fingerprint density at radius 1 is 0.923 bits per heavy atom. The molecule has 0 aliphatic carbocycles. The molecular weight excluding hydrogens is 328 g/mol. The van der Waals surface area contributed by atoms with Crippen molar-refractivity contribution in [1.29, 1.82) is 0 Å². The van der Waals surface area contributed by atoms with E-state index in [2.05, 4.69) is 19.2 Å². The molecule has 5 nitrogen and oxygen atoms in total. The van der Waals surface area contributed by atoms with E-state index in [0.717, 1.165) is 0 Å². The molecule has 0 spiro atoms. The van der Waals surface area contributed by atoms with E-state index in [1.165, 1.54) is 10.5 Å². The average molecular weight is 354 g/mol. The molecule has 0 fully saturated rings.